The highest BCUT2D eigenvalue weighted by Crippen LogP contribution is 2.43. The number of aromatic nitrogens is 2. The summed E-state index contributed by atoms with van der Waals surface area (Å²) < 4.78 is 0. The molecule has 1 aliphatic carbocycles. The van der Waals surface area contributed by atoms with Crippen molar-refractivity contribution >= 4 is 11.3 Å². The van der Waals surface area contributed by atoms with Crippen molar-refractivity contribution in [1.82, 2.24) is 9.97 Å². The van der Waals surface area contributed by atoms with Gasteiger partial charge >= 0.3 is 0 Å². The Morgan fingerprint density at radius 2 is 2.35 bits per heavy atom. The Balaban J connectivity index is 1.77. The maximum absolute atomic E-state index is 9.46. The molecule has 1 fully saturated rings. The van der Waals surface area contributed by atoms with E-state index in [1.54, 1.807) is 11.3 Å². The van der Waals surface area contributed by atoms with E-state index in [-0.39, 0.29) is 5.41 Å². The van der Waals surface area contributed by atoms with E-state index in [0.29, 0.717) is 6.61 Å². The topological polar surface area (TPSA) is 48.9 Å². The highest BCUT2D eigenvalue weighted by atomic mass is 32.1. The molecule has 17 heavy (non-hydrogen) atoms. The summed E-state index contributed by atoms with van der Waals surface area (Å²) in [6, 6.07) is 2.03. The fourth-order valence-corrected chi connectivity index (χ4v) is 3.37. The minimum Gasteiger partial charge on any atom is -0.396 e. The zero-order valence-electron chi connectivity index (χ0n) is 9.65. The molecule has 1 aliphatic rings. The van der Waals surface area contributed by atoms with Crippen LogP contribution in [0.25, 0.3) is 11.3 Å². The van der Waals surface area contributed by atoms with Crippen molar-refractivity contribution < 1.29 is 5.11 Å². The highest BCUT2D eigenvalue weighted by Gasteiger charge is 2.37. The van der Waals surface area contributed by atoms with E-state index in [1.807, 2.05) is 18.5 Å². The van der Waals surface area contributed by atoms with E-state index in [4.69, 9.17) is 0 Å². The third-order valence-electron chi connectivity index (χ3n) is 3.72. The second kappa shape index (κ2) is 4.27. The summed E-state index contributed by atoms with van der Waals surface area (Å²) in [6.45, 7) is 0.298. The highest BCUT2D eigenvalue weighted by molar-refractivity contribution is 7.09. The molecule has 0 bridgehead atoms. The lowest BCUT2D eigenvalue weighted by molar-refractivity contribution is 0.0450. The summed E-state index contributed by atoms with van der Waals surface area (Å²) in [5.41, 5.74) is 2.31. The average molecular weight is 248 g/mol. The van der Waals surface area contributed by atoms with Crippen LogP contribution in [-0.4, -0.2) is 21.7 Å². The molecule has 1 saturated carbocycles. The number of nitrogens with zero attached hydrogens (tertiary/aromatic N) is 1. The van der Waals surface area contributed by atoms with Crippen molar-refractivity contribution in [3.05, 3.63) is 28.8 Å². The third-order valence-corrected chi connectivity index (χ3v) is 4.57. The van der Waals surface area contributed by atoms with Crippen molar-refractivity contribution in [2.24, 2.45) is 5.41 Å². The number of aliphatic hydroxyl groups is 1. The second-order valence-electron chi connectivity index (χ2n) is 4.91. The molecular formula is C13H16N2OS. The quantitative estimate of drug-likeness (QED) is 0.874. The zero-order valence-corrected chi connectivity index (χ0v) is 10.5. The van der Waals surface area contributed by atoms with Gasteiger partial charge in [0.25, 0.3) is 0 Å². The van der Waals surface area contributed by atoms with E-state index >= 15 is 0 Å². The predicted molar refractivity (Wildman–Crippen MR) is 69.0 cm³/mol. The zero-order chi connectivity index (χ0) is 11.7. The summed E-state index contributed by atoms with van der Waals surface area (Å²) in [4.78, 5) is 7.70. The first kappa shape index (κ1) is 11.0. The minimum atomic E-state index is 0.132. The van der Waals surface area contributed by atoms with Crippen LogP contribution < -0.4 is 0 Å². The normalized spacial score (nSPS) is 17.9. The largest absolute Gasteiger partial charge is 0.396 e. The minimum absolute atomic E-state index is 0.132. The fourth-order valence-electron chi connectivity index (χ4n) is 2.40. The number of H-pyrrole nitrogens is 1. The van der Waals surface area contributed by atoms with Crippen LogP contribution in [0.15, 0.2) is 23.8 Å². The molecule has 0 spiro atoms. The van der Waals surface area contributed by atoms with Crippen LogP contribution in [0.1, 0.15) is 24.3 Å². The Bertz CT molecular complexity index is 480. The summed E-state index contributed by atoms with van der Waals surface area (Å²) in [5.74, 6) is 0. The van der Waals surface area contributed by atoms with Crippen molar-refractivity contribution in [2.45, 2.75) is 25.7 Å². The van der Waals surface area contributed by atoms with Gasteiger partial charge in [-0.3, -0.25) is 0 Å². The number of hydrogen-bond donors (Lipinski definition) is 2. The molecule has 4 heteroatoms. The number of thiazole rings is 1. The second-order valence-corrected chi connectivity index (χ2v) is 5.86. The van der Waals surface area contributed by atoms with Crippen LogP contribution in [0.3, 0.4) is 0 Å². The summed E-state index contributed by atoms with van der Waals surface area (Å²) in [7, 11) is 0. The first-order valence-electron chi connectivity index (χ1n) is 6.00. The molecule has 3 rings (SSSR count). The number of aromatic amines is 1. The first-order valence-corrected chi connectivity index (χ1v) is 6.88. The van der Waals surface area contributed by atoms with Crippen LogP contribution in [0.4, 0.5) is 0 Å². The Hall–Kier alpha value is -1.13. The summed E-state index contributed by atoms with van der Waals surface area (Å²) in [5, 5.41) is 12.7. The van der Waals surface area contributed by atoms with Crippen molar-refractivity contribution in [1.29, 1.82) is 0 Å². The predicted octanol–water partition coefficient (Wildman–Crippen LogP) is 2.84. The Morgan fingerprint density at radius 3 is 2.94 bits per heavy atom. The van der Waals surface area contributed by atoms with Crippen molar-refractivity contribution in [3.8, 4) is 11.3 Å². The molecule has 0 saturated heterocycles. The molecular weight excluding hydrogens is 232 g/mol. The van der Waals surface area contributed by atoms with Crippen molar-refractivity contribution in [2.75, 3.05) is 6.61 Å². The van der Waals surface area contributed by atoms with Gasteiger partial charge in [0.1, 0.15) is 0 Å². The number of nitrogens with one attached hydrogen (secondary N) is 1. The monoisotopic (exact) mass is 248 g/mol. The van der Waals surface area contributed by atoms with Crippen molar-refractivity contribution in [3.63, 3.8) is 0 Å². The summed E-state index contributed by atoms with van der Waals surface area (Å²) >= 11 is 1.70. The Morgan fingerprint density at radius 1 is 1.47 bits per heavy atom. The van der Waals surface area contributed by atoms with Gasteiger partial charge in [-0.2, -0.15) is 0 Å². The van der Waals surface area contributed by atoms with E-state index < -0.39 is 0 Å². The van der Waals surface area contributed by atoms with E-state index in [1.165, 1.54) is 6.42 Å². The van der Waals surface area contributed by atoms with Crippen LogP contribution >= 0.6 is 11.3 Å². The number of aliphatic hydroxyl groups excluding tert-OH is 1. The molecule has 2 heterocycles. The average Bonchev–Trinajstić information content (AvgIpc) is 2.94. The lowest BCUT2D eigenvalue weighted by atomic mass is 9.67. The molecule has 2 N–H and O–H groups in total. The molecule has 0 atom stereocenters. The van der Waals surface area contributed by atoms with Crippen LogP contribution in [-0.2, 0) is 6.42 Å². The van der Waals surface area contributed by atoms with Crippen LogP contribution in [0.2, 0.25) is 0 Å². The first-order chi connectivity index (χ1) is 8.31. The van der Waals surface area contributed by atoms with Gasteiger partial charge in [-0.15, -0.1) is 11.3 Å². The fraction of sp³-hybridized carbons (Fsp3) is 0.462. The van der Waals surface area contributed by atoms with Gasteiger partial charge in [0, 0.05) is 36.4 Å². The van der Waals surface area contributed by atoms with Gasteiger partial charge < -0.3 is 10.1 Å². The van der Waals surface area contributed by atoms with Gasteiger partial charge in [0.15, 0.2) is 0 Å². The number of rotatable bonds is 4. The molecule has 90 valence electrons. The van der Waals surface area contributed by atoms with Gasteiger partial charge in [-0.25, -0.2) is 4.98 Å². The lowest BCUT2D eigenvalue weighted by Crippen LogP contribution is -2.35. The van der Waals surface area contributed by atoms with Crippen LogP contribution in [0.5, 0.6) is 0 Å². The maximum Gasteiger partial charge on any atom is 0.0939 e. The van der Waals surface area contributed by atoms with Gasteiger partial charge in [0.2, 0.25) is 0 Å². The van der Waals surface area contributed by atoms with E-state index in [9.17, 15) is 5.11 Å². The molecule has 0 radical (unpaired) electrons. The van der Waals surface area contributed by atoms with Crippen LogP contribution in [0, 0.1) is 5.41 Å². The molecule has 0 unspecified atom stereocenters. The number of hydrogen-bond acceptors (Lipinski definition) is 3. The van der Waals surface area contributed by atoms with E-state index in [0.717, 1.165) is 35.5 Å². The van der Waals surface area contributed by atoms with Gasteiger partial charge in [-0.05, 0) is 24.3 Å². The van der Waals surface area contributed by atoms with Gasteiger partial charge in [0.05, 0.1) is 10.7 Å². The molecule has 2 aromatic heterocycles. The Kier molecular flexibility index (Phi) is 2.76. The molecule has 0 amide bonds. The molecule has 0 aliphatic heterocycles. The molecule has 0 aromatic carbocycles. The summed E-state index contributed by atoms with van der Waals surface area (Å²) in [6.07, 6.45) is 8.33. The van der Waals surface area contributed by atoms with Gasteiger partial charge in [-0.1, -0.05) is 6.42 Å². The smallest absolute Gasteiger partial charge is 0.0939 e. The lowest BCUT2D eigenvalue weighted by Gasteiger charge is -2.39. The molecule has 2 aromatic rings. The SMILES string of the molecule is OCC1(Cc2nc(-c3cc[nH]c3)cs2)CCC1. The third kappa shape index (κ3) is 2.03. The molecule has 3 nitrogen and oxygen atoms in total. The van der Waals surface area contributed by atoms with E-state index in [2.05, 4.69) is 15.3 Å². The maximum atomic E-state index is 9.46. The Labute approximate surface area is 105 Å². The standard InChI is InChI=1S/C13H16N2OS/c16-9-13(3-1-4-13)6-12-15-11(8-17-12)10-2-5-14-7-10/h2,5,7-8,14,16H,1,3-4,6,9H2.